The maximum absolute atomic E-state index is 12.8. The van der Waals surface area contributed by atoms with Crippen molar-refractivity contribution in [2.75, 3.05) is 139 Å². The summed E-state index contributed by atoms with van der Waals surface area (Å²) in [6.07, 6.45) is 5.47. The molecule has 47 heteroatoms. The molecule has 5 amide bonds. The van der Waals surface area contributed by atoms with Gasteiger partial charge >= 0.3 is 47.7 Å². The van der Waals surface area contributed by atoms with Gasteiger partial charge in [-0.3, -0.25) is 5.32 Å². The number of unbranched alkanes of at least 4 members (excludes halogenated alkanes) is 4. The van der Waals surface area contributed by atoms with Crippen molar-refractivity contribution in [1.29, 1.82) is 0 Å². The van der Waals surface area contributed by atoms with Gasteiger partial charge in [-0.15, -0.1) is 0 Å². The summed E-state index contributed by atoms with van der Waals surface area (Å²) in [6.45, 7) is 16.7. The van der Waals surface area contributed by atoms with Crippen LogP contribution < -0.4 is 75.4 Å². The number of aliphatic hydroxyl groups is 2. The topological polar surface area (TPSA) is 475 Å². The zero-order valence-corrected chi connectivity index (χ0v) is 85.2. The Morgan fingerprint density at radius 3 is 1.19 bits per heavy atom. The molecule has 7 rings (SSSR count). The van der Waals surface area contributed by atoms with Crippen LogP contribution in [-0.4, -0.2) is 260 Å². The summed E-state index contributed by atoms with van der Waals surface area (Å²) in [5.74, 6) is 0. The Hall–Kier alpha value is -5.51. The van der Waals surface area contributed by atoms with Gasteiger partial charge in [-0.2, -0.15) is 4.99 Å². The number of sulfonamides is 4. The SMILES string of the molecule is CC(C)N=C=O.COCC1CO1.COC[C@@H](CN(CCCCNS(=O)(=O)c1ccc(Cl)cc1Cl)C(=O)NC(C)C)OC(=O)Nc1ccccc1.COC[C@H](O)CN(CCCCNS(=O)(=O)c1ccc(Cl)cc1Cl)C(=O)NC(C)C.COC[C@H](O)CNCCCCNS(=O)(=O)c1ccc(Cl)cc1Cl.NCCCCNS(=O)(=O)c1ccc(Cl)cc1Cl.O=C=Nc1ccccc1.[H-].[Na+]. The predicted octanol–water partition coefficient (Wildman–Crippen LogP) is 10.4. The van der Waals surface area contributed by atoms with E-state index in [4.69, 9.17) is 127 Å². The van der Waals surface area contributed by atoms with Crippen molar-refractivity contribution in [2.24, 2.45) is 15.7 Å². The third-order valence-electron chi connectivity index (χ3n) is 16.0. The fourth-order valence-corrected chi connectivity index (χ4v) is 17.4. The molecule has 1 aliphatic heterocycles. The van der Waals surface area contributed by atoms with Gasteiger partial charge in [-0.05, 0) is 203 Å². The fraction of sp³-hybridized carbons (Fsp3) is 0.500. The molecule has 12 N–H and O–H groups in total. The van der Waals surface area contributed by atoms with Gasteiger partial charge in [0.1, 0.15) is 31.8 Å². The van der Waals surface area contributed by atoms with Crippen LogP contribution in [0.15, 0.2) is 163 Å². The number of nitrogens with zero attached hydrogens (tertiary/aromatic N) is 4. The van der Waals surface area contributed by atoms with E-state index in [1.807, 2.05) is 65.8 Å². The maximum atomic E-state index is 12.8. The number of carbonyl (C=O) groups is 3. The molecule has 1 aliphatic rings. The summed E-state index contributed by atoms with van der Waals surface area (Å²) in [6, 6.07) is 34.0. The average molecular weight is 2060 g/mol. The van der Waals surface area contributed by atoms with Gasteiger partial charge in [0.05, 0.1) is 90.2 Å². The van der Waals surface area contributed by atoms with Crippen LogP contribution in [0.3, 0.4) is 0 Å². The second-order valence-corrected chi connectivity index (χ2v) is 38.6. The van der Waals surface area contributed by atoms with E-state index in [0.717, 1.165) is 26.1 Å². The van der Waals surface area contributed by atoms with Crippen molar-refractivity contribution in [3.63, 3.8) is 0 Å². The Morgan fingerprint density at radius 2 is 0.868 bits per heavy atom. The summed E-state index contributed by atoms with van der Waals surface area (Å²) in [5.41, 5.74) is 6.54. The number of halogens is 8. The molecule has 0 radical (unpaired) electrons. The minimum atomic E-state index is -3.82. The van der Waals surface area contributed by atoms with Crippen LogP contribution >= 0.6 is 92.8 Å². The zero-order valence-electron chi connectivity index (χ0n) is 74.9. The third-order valence-corrected chi connectivity index (χ3v) is 24.7. The number of methoxy groups -OCH3 is 4. The van der Waals surface area contributed by atoms with Crippen molar-refractivity contribution in [3.8, 4) is 0 Å². The van der Waals surface area contributed by atoms with Crippen LogP contribution in [0.25, 0.3) is 0 Å². The van der Waals surface area contributed by atoms with E-state index >= 15 is 0 Å². The van der Waals surface area contributed by atoms with Crippen LogP contribution in [0.1, 0.15) is 94.3 Å². The number of isocyanates is 2. The van der Waals surface area contributed by atoms with E-state index in [9.17, 15) is 67.9 Å². The van der Waals surface area contributed by atoms with Crippen molar-refractivity contribution in [2.45, 2.75) is 155 Å². The van der Waals surface area contributed by atoms with Crippen molar-refractivity contribution in [3.05, 3.63) is 174 Å². The summed E-state index contributed by atoms with van der Waals surface area (Å²) in [5, 5.41) is 32.4. The number of anilines is 1. The number of hydrogen-bond acceptors (Lipinski definition) is 25. The first-order chi connectivity index (χ1) is 60.5. The summed E-state index contributed by atoms with van der Waals surface area (Å²) in [4.78, 5) is 66.2. The molecule has 1 fully saturated rings. The summed E-state index contributed by atoms with van der Waals surface area (Å²) >= 11 is 46.8. The average Bonchev–Trinajstić information content (AvgIpc) is 0.911. The molecular weight excluding hydrogens is 1940 g/mol. The normalized spacial score (nSPS) is 12.7. The van der Waals surface area contributed by atoms with Gasteiger partial charge in [-0.1, -0.05) is 129 Å². The molecule has 720 valence electrons. The third kappa shape index (κ3) is 57.7. The van der Waals surface area contributed by atoms with Gasteiger partial charge in [-0.25, -0.2) is 81.5 Å². The minimum Gasteiger partial charge on any atom is -1.00 e. The number of nitrogens with two attached hydrogens (primary N) is 1. The standard InChI is InChI=1S/C25H34Cl2N4O6S.C18H29Cl2N3O5S.C14H22Cl2N2O4S.C10H14Cl2N2O2S.C7H5NO.C4H7NO.C4H8O2.Na.H/c1-18(2)29-24(32)31(16-21(17-36-3)37-25(33)30-20-9-5-4-6-10-20)14-8-7-13-28-38(34,35)23-12-11-19(26)15-22(23)27;1-13(2)22-18(25)23(11-15(24)12-28-3)9-5-4-8-21-29(26,27)17-7-6-14(19)10-16(17)20;1-22-10-12(19)9-17-6-2-3-7-18-23(20,21)14-5-4-11(15)8-13(14)16;11-8-3-4-10(9(12)7-8)17(15,16)14-6-2-1-5-13;9-6-8-7-4-2-1-3-5-7;1-4(2)5-3-6;1-5-2-4-3-6-4;;/h4-6,9-12,15,18,21,28H,7-8,13-14,16-17H2,1-3H3,(H,29,32)(H,30,33);6-7,10,13,15,21,24H,4-5,8-9,11-12H2,1-3H3,(H,22,25);4-5,8,12,17-19H,2-3,6-7,9-10H2,1H3;3-4,7,14H,1-2,5-6,13H2;1-5H;4H,1-2H3;4H,2-3H2,1H3;;/q;;;;;;;+1;-1/t21-;15-;12-;;;;;;/m111....../s1. The van der Waals surface area contributed by atoms with Gasteiger partial charge in [0.15, 0.2) is 0 Å². The van der Waals surface area contributed by atoms with Crippen molar-refractivity contribution in [1.82, 2.24) is 44.6 Å². The first kappa shape index (κ1) is 123. The van der Waals surface area contributed by atoms with Gasteiger partial charge in [0.2, 0.25) is 52.3 Å². The number of urea groups is 2. The summed E-state index contributed by atoms with van der Waals surface area (Å²) in [7, 11) is -8.63. The van der Waals surface area contributed by atoms with E-state index in [2.05, 4.69) is 50.1 Å². The first-order valence-corrected chi connectivity index (χ1v) is 49.0. The quantitative estimate of drug-likeness (QED) is 0.00556. The predicted molar refractivity (Wildman–Crippen MR) is 504 cm³/mol. The van der Waals surface area contributed by atoms with E-state index in [1.165, 1.54) is 116 Å². The molecule has 6 aromatic rings. The smallest absolute Gasteiger partial charge is 1.00 e. The van der Waals surface area contributed by atoms with Gasteiger partial charge in [0.25, 0.3) is 0 Å². The number of aliphatic imine (C=N–C) groups is 2. The van der Waals surface area contributed by atoms with Crippen LogP contribution in [0, 0.1) is 0 Å². The van der Waals surface area contributed by atoms with Crippen LogP contribution in [0.4, 0.5) is 25.8 Å². The van der Waals surface area contributed by atoms with E-state index in [-0.39, 0.29) is 147 Å². The summed E-state index contributed by atoms with van der Waals surface area (Å²) < 4.78 is 138. The number of para-hydroxylation sites is 2. The molecule has 0 saturated carbocycles. The fourth-order valence-electron chi connectivity index (χ4n) is 10.0. The van der Waals surface area contributed by atoms with E-state index < -0.39 is 64.5 Å². The number of epoxide rings is 1. The van der Waals surface area contributed by atoms with Crippen LogP contribution in [0.2, 0.25) is 40.2 Å². The second kappa shape index (κ2) is 70.2. The number of hydrogen-bond donors (Lipinski definition) is 11. The molecule has 34 nitrogen and oxygen atoms in total. The molecular formula is C82H120Cl8N13NaO21S4. The Labute approximate surface area is 822 Å². The van der Waals surface area contributed by atoms with E-state index in [0.29, 0.717) is 122 Å². The number of carbonyl (C=O) groups excluding carboxylic acids is 5. The number of rotatable bonds is 47. The molecule has 0 bridgehead atoms. The molecule has 0 aromatic heterocycles. The zero-order chi connectivity index (χ0) is 96.3. The Balaban J connectivity index is 0. The Morgan fingerprint density at radius 1 is 0.504 bits per heavy atom. The number of aliphatic hydroxyl groups excluding tert-OH is 2. The maximum Gasteiger partial charge on any atom is 1.00 e. The number of ether oxygens (including phenoxy) is 6. The largest absolute Gasteiger partial charge is 1.00 e. The molecule has 0 aliphatic carbocycles. The first-order valence-electron chi connectivity index (χ1n) is 40.0. The second-order valence-electron chi connectivity index (χ2n) is 28.3. The van der Waals surface area contributed by atoms with Crippen molar-refractivity contribution < 1.29 is 127 Å². The molecule has 6 aromatic carbocycles. The van der Waals surface area contributed by atoms with Crippen molar-refractivity contribution >= 4 is 175 Å². The molecule has 1 heterocycles. The molecule has 4 atom stereocenters. The van der Waals surface area contributed by atoms with Gasteiger partial charge in [0, 0.05) is 112 Å². The molecule has 1 unspecified atom stereocenters. The molecule has 129 heavy (non-hydrogen) atoms. The molecule has 1 saturated heterocycles. The van der Waals surface area contributed by atoms with Crippen LogP contribution in [-0.2, 0) is 78.1 Å². The van der Waals surface area contributed by atoms with Gasteiger partial charge < -0.3 is 71.5 Å². The Kier molecular flexibility index (Phi) is 67.2. The molecule has 0 spiro atoms. The number of amides is 5. The minimum absolute atomic E-state index is 0. The van der Waals surface area contributed by atoms with Crippen LogP contribution in [0.5, 0.6) is 0 Å². The Bertz CT molecular complexity index is 4790. The number of benzene rings is 6. The van der Waals surface area contributed by atoms with E-state index in [1.54, 1.807) is 43.5 Å². The number of nitrogens with one attached hydrogen (secondary N) is 8. The monoisotopic (exact) mass is 2050 g/mol.